The predicted octanol–water partition coefficient (Wildman–Crippen LogP) is 2.78. The number of anilines is 1. The summed E-state index contributed by atoms with van der Waals surface area (Å²) in [6.45, 7) is 7.42. The van der Waals surface area contributed by atoms with Gasteiger partial charge in [-0.25, -0.2) is 0 Å². The van der Waals surface area contributed by atoms with E-state index < -0.39 is 5.54 Å². The fraction of sp³-hybridized carbons (Fsp3) is 0.611. The first-order chi connectivity index (χ1) is 10.5. The van der Waals surface area contributed by atoms with E-state index >= 15 is 0 Å². The zero-order valence-corrected chi connectivity index (χ0v) is 13.9. The number of nitrogens with zero attached hydrogens (tertiary/aromatic N) is 1. The molecular formula is C18H29N3O. The highest BCUT2D eigenvalue weighted by Crippen LogP contribution is 2.16. The van der Waals surface area contributed by atoms with Crippen LogP contribution in [0, 0.1) is 0 Å². The highest BCUT2D eigenvalue weighted by molar-refractivity contribution is 5.97. The van der Waals surface area contributed by atoms with Crippen LogP contribution in [0.4, 0.5) is 5.69 Å². The topological polar surface area (TPSA) is 58.4 Å². The van der Waals surface area contributed by atoms with Crippen molar-refractivity contribution in [1.82, 2.24) is 4.90 Å². The zero-order valence-electron chi connectivity index (χ0n) is 13.9. The number of nitrogens with two attached hydrogens (primary N) is 1. The number of carbonyl (C=O) groups is 1. The lowest BCUT2D eigenvalue weighted by Crippen LogP contribution is -2.48. The van der Waals surface area contributed by atoms with E-state index in [9.17, 15) is 4.79 Å². The van der Waals surface area contributed by atoms with Gasteiger partial charge in [0.15, 0.2) is 0 Å². The predicted molar refractivity (Wildman–Crippen MR) is 92.0 cm³/mol. The van der Waals surface area contributed by atoms with Crippen LogP contribution in [0.2, 0.25) is 0 Å². The Morgan fingerprint density at radius 1 is 1.27 bits per heavy atom. The van der Waals surface area contributed by atoms with E-state index in [4.69, 9.17) is 5.73 Å². The van der Waals surface area contributed by atoms with Gasteiger partial charge >= 0.3 is 0 Å². The molecule has 22 heavy (non-hydrogen) atoms. The monoisotopic (exact) mass is 303 g/mol. The number of carbonyl (C=O) groups excluding carboxylic acids is 1. The molecule has 1 aromatic carbocycles. The van der Waals surface area contributed by atoms with Gasteiger partial charge in [0.25, 0.3) is 0 Å². The van der Waals surface area contributed by atoms with Crippen molar-refractivity contribution in [3.05, 3.63) is 29.8 Å². The van der Waals surface area contributed by atoms with Crippen LogP contribution in [0.15, 0.2) is 24.3 Å². The van der Waals surface area contributed by atoms with Crippen molar-refractivity contribution in [2.45, 2.75) is 51.5 Å². The van der Waals surface area contributed by atoms with Crippen molar-refractivity contribution >= 4 is 11.6 Å². The Labute approximate surface area is 134 Å². The summed E-state index contributed by atoms with van der Waals surface area (Å²) in [5, 5.41) is 2.92. The van der Waals surface area contributed by atoms with Gasteiger partial charge in [-0.2, -0.15) is 0 Å². The van der Waals surface area contributed by atoms with Crippen molar-refractivity contribution in [3.63, 3.8) is 0 Å². The van der Waals surface area contributed by atoms with Gasteiger partial charge in [0, 0.05) is 12.2 Å². The van der Waals surface area contributed by atoms with Crippen LogP contribution in [0.25, 0.3) is 0 Å². The minimum absolute atomic E-state index is 0.112. The third-order valence-corrected chi connectivity index (χ3v) is 4.42. The van der Waals surface area contributed by atoms with E-state index in [-0.39, 0.29) is 5.91 Å². The lowest BCUT2D eigenvalue weighted by molar-refractivity contribution is -0.120. The number of likely N-dealkylation sites (tertiary alicyclic amines) is 1. The van der Waals surface area contributed by atoms with E-state index in [0.29, 0.717) is 6.42 Å². The number of nitrogens with one attached hydrogen (secondary N) is 1. The molecule has 4 nitrogen and oxygen atoms in total. The number of benzene rings is 1. The number of amides is 1. The van der Waals surface area contributed by atoms with Crippen LogP contribution >= 0.6 is 0 Å². The first kappa shape index (κ1) is 17.0. The van der Waals surface area contributed by atoms with E-state index in [1.165, 1.54) is 31.5 Å². The van der Waals surface area contributed by atoms with Gasteiger partial charge in [0.2, 0.25) is 5.91 Å². The molecule has 1 saturated heterocycles. The van der Waals surface area contributed by atoms with Crippen LogP contribution in [-0.4, -0.2) is 36.0 Å². The largest absolute Gasteiger partial charge is 0.325 e. The van der Waals surface area contributed by atoms with Gasteiger partial charge < -0.3 is 16.0 Å². The molecule has 2 rings (SSSR count). The lowest BCUT2D eigenvalue weighted by atomic mass is 9.96. The molecule has 1 heterocycles. The highest BCUT2D eigenvalue weighted by atomic mass is 16.2. The normalized spacial score (nSPS) is 18.1. The molecule has 1 aliphatic heterocycles. The molecular weight excluding hydrogens is 274 g/mol. The van der Waals surface area contributed by atoms with E-state index in [2.05, 4.69) is 22.3 Å². The van der Waals surface area contributed by atoms with Gasteiger partial charge in [-0.1, -0.05) is 25.5 Å². The SMILES string of the molecule is CCCC(C)(N)C(=O)Nc1ccc(CCN2CCCC2)cc1. The minimum Gasteiger partial charge on any atom is -0.325 e. The van der Waals surface area contributed by atoms with Crippen LogP contribution in [-0.2, 0) is 11.2 Å². The summed E-state index contributed by atoms with van der Waals surface area (Å²) in [4.78, 5) is 14.7. The Morgan fingerprint density at radius 2 is 1.91 bits per heavy atom. The quantitative estimate of drug-likeness (QED) is 0.814. The summed E-state index contributed by atoms with van der Waals surface area (Å²) < 4.78 is 0. The maximum Gasteiger partial charge on any atom is 0.244 e. The van der Waals surface area contributed by atoms with Gasteiger partial charge in [0.05, 0.1) is 5.54 Å². The maximum atomic E-state index is 12.2. The second kappa shape index (κ2) is 7.75. The Hall–Kier alpha value is -1.39. The molecule has 1 fully saturated rings. The molecule has 0 radical (unpaired) electrons. The molecule has 1 aromatic rings. The highest BCUT2D eigenvalue weighted by Gasteiger charge is 2.27. The smallest absolute Gasteiger partial charge is 0.244 e. The molecule has 0 saturated carbocycles. The van der Waals surface area contributed by atoms with Crippen molar-refractivity contribution in [1.29, 1.82) is 0 Å². The number of rotatable bonds is 7. The summed E-state index contributed by atoms with van der Waals surface area (Å²) in [5.74, 6) is -0.112. The summed E-state index contributed by atoms with van der Waals surface area (Å²) in [7, 11) is 0. The third kappa shape index (κ3) is 4.82. The molecule has 0 spiro atoms. The van der Waals surface area contributed by atoms with Crippen molar-refractivity contribution in [2.75, 3.05) is 25.0 Å². The fourth-order valence-electron chi connectivity index (χ4n) is 2.95. The Balaban J connectivity index is 1.84. The van der Waals surface area contributed by atoms with Crippen LogP contribution < -0.4 is 11.1 Å². The van der Waals surface area contributed by atoms with E-state index in [1.54, 1.807) is 6.92 Å². The number of hydrogen-bond donors (Lipinski definition) is 2. The first-order valence-corrected chi connectivity index (χ1v) is 8.43. The van der Waals surface area contributed by atoms with E-state index in [0.717, 1.165) is 25.1 Å². The Morgan fingerprint density at radius 3 is 2.50 bits per heavy atom. The zero-order chi connectivity index (χ0) is 16.0. The average Bonchev–Trinajstić information content (AvgIpc) is 3.00. The summed E-state index contributed by atoms with van der Waals surface area (Å²) in [6, 6.07) is 8.14. The van der Waals surface area contributed by atoms with Gasteiger partial charge in [-0.15, -0.1) is 0 Å². The summed E-state index contributed by atoms with van der Waals surface area (Å²) >= 11 is 0. The van der Waals surface area contributed by atoms with Gasteiger partial charge in [-0.3, -0.25) is 4.79 Å². The molecule has 4 heteroatoms. The number of hydrogen-bond acceptors (Lipinski definition) is 3. The van der Waals surface area contributed by atoms with Crippen molar-refractivity contribution in [3.8, 4) is 0 Å². The third-order valence-electron chi connectivity index (χ3n) is 4.42. The molecule has 3 N–H and O–H groups in total. The Kier molecular flexibility index (Phi) is 5.98. The molecule has 1 atom stereocenters. The molecule has 0 bridgehead atoms. The Bertz CT molecular complexity index is 476. The molecule has 1 unspecified atom stereocenters. The summed E-state index contributed by atoms with van der Waals surface area (Å²) in [6.07, 6.45) is 5.32. The standard InChI is InChI=1S/C18H29N3O/c1-3-11-18(2,19)17(22)20-16-8-6-15(7-9-16)10-14-21-12-4-5-13-21/h6-9H,3-5,10-14,19H2,1-2H3,(H,20,22). The summed E-state index contributed by atoms with van der Waals surface area (Å²) in [5.41, 5.74) is 7.38. The van der Waals surface area contributed by atoms with Gasteiger partial charge in [-0.05, 0) is 63.4 Å². The van der Waals surface area contributed by atoms with Crippen LogP contribution in [0.1, 0.15) is 45.1 Å². The molecule has 122 valence electrons. The van der Waals surface area contributed by atoms with Crippen molar-refractivity contribution < 1.29 is 4.79 Å². The first-order valence-electron chi connectivity index (χ1n) is 8.43. The molecule has 1 aliphatic rings. The van der Waals surface area contributed by atoms with Crippen molar-refractivity contribution in [2.24, 2.45) is 5.73 Å². The van der Waals surface area contributed by atoms with Gasteiger partial charge in [0.1, 0.15) is 0 Å². The minimum atomic E-state index is -0.802. The second-order valence-corrected chi connectivity index (χ2v) is 6.62. The molecule has 0 aromatic heterocycles. The van der Waals surface area contributed by atoms with Crippen LogP contribution in [0.3, 0.4) is 0 Å². The average molecular weight is 303 g/mol. The maximum absolute atomic E-state index is 12.2. The lowest BCUT2D eigenvalue weighted by Gasteiger charge is -2.22. The molecule has 0 aliphatic carbocycles. The van der Waals surface area contributed by atoms with Crippen LogP contribution in [0.5, 0.6) is 0 Å². The fourth-order valence-corrected chi connectivity index (χ4v) is 2.95. The van der Waals surface area contributed by atoms with E-state index in [1.807, 2.05) is 19.1 Å². The second-order valence-electron chi connectivity index (χ2n) is 6.62. The molecule has 1 amide bonds.